The van der Waals surface area contributed by atoms with E-state index in [0.717, 1.165) is 19.3 Å². The average Bonchev–Trinajstić information content (AvgIpc) is 3.12. The van der Waals surface area contributed by atoms with Crippen LogP contribution in [0.2, 0.25) is 0 Å². The van der Waals surface area contributed by atoms with Crippen LogP contribution in [-0.4, -0.2) is 34.2 Å². The minimum Gasteiger partial charge on any atom is -0.438 e. The number of hydrogen-bond donors (Lipinski definition) is 1. The fourth-order valence-corrected chi connectivity index (χ4v) is 3.63. The van der Waals surface area contributed by atoms with E-state index in [2.05, 4.69) is 56.4 Å². The first-order valence-electron chi connectivity index (χ1n) is 9.24. The molecule has 7 heteroatoms. The number of nitrogens with zero attached hydrogens (tertiary/aromatic N) is 2. The van der Waals surface area contributed by atoms with Gasteiger partial charge in [0.1, 0.15) is 5.00 Å². The molecule has 26 heavy (non-hydrogen) atoms. The molecule has 2 unspecified atom stereocenters. The van der Waals surface area contributed by atoms with E-state index in [0.29, 0.717) is 35.0 Å². The largest absolute Gasteiger partial charge is 0.438 e. The van der Waals surface area contributed by atoms with Crippen LogP contribution in [0, 0.1) is 5.92 Å². The molecule has 2 atom stereocenters. The molecule has 0 spiro atoms. The Morgan fingerprint density at radius 1 is 1.54 bits per heavy atom. The van der Waals surface area contributed by atoms with Gasteiger partial charge in [0.05, 0.1) is 12.7 Å². The standard InChI is InChI=1S/C19H31N3O3S/c1-7-8-13(2)9-10-15(23)21-16-11-20-18(26-16)25-17-12-22(14(3)24-17)19(4,5)6/h11,13,17H,3,7-10,12H2,1-2,4-6H3,(H,21,23). The Morgan fingerprint density at radius 3 is 2.88 bits per heavy atom. The maximum Gasteiger partial charge on any atom is 0.278 e. The number of amides is 1. The van der Waals surface area contributed by atoms with E-state index in [1.165, 1.54) is 11.3 Å². The Labute approximate surface area is 160 Å². The van der Waals surface area contributed by atoms with Gasteiger partial charge in [-0.1, -0.05) is 38.0 Å². The van der Waals surface area contributed by atoms with Crippen molar-refractivity contribution in [2.45, 2.75) is 72.1 Å². The number of hydrogen-bond acceptors (Lipinski definition) is 6. The highest BCUT2D eigenvalue weighted by Crippen LogP contribution is 2.31. The van der Waals surface area contributed by atoms with Crippen LogP contribution >= 0.6 is 11.3 Å². The second-order valence-corrected chi connectivity index (χ2v) is 8.80. The molecule has 1 saturated heterocycles. The van der Waals surface area contributed by atoms with Gasteiger partial charge in [-0.05, 0) is 39.7 Å². The van der Waals surface area contributed by atoms with Crippen LogP contribution in [0.3, 0.4) is 0 Å². The van der Waals surface area contributed by atoms with Crippen LogP contribution < -0.4 is 10.1 Å². The maximum absolute atomic E-state index is 12.1. The molecule has 0 bridgehead atoms. The summed E-state index contributed by atoms with van der Waals surface area (Å²) >= 11 is 1.31. The Kier molecular flexibility index (Phi) is 6.92. The minimum atomic E-state index is -0.439. The predicted molar refractivity (Wildman–Crippen MR) is 105 cm³/mol. The molecule has 1 aliphatic rings. The van der Waals surface area contributed by atoms with Crippen LogP contribution in [0.1, 0.15) is 60.3 Å². The lowest BCUT2D eigenvalue weighted by Crippen LogP contribution is -2.39. The molecule has 0 saturated carbocycles. The van der Waals surface area contributed by atoms with E-state index < -0.39 is 6.29 Å². The van der Waals surface area contributed by atoms with Gasteiger partial charge >= 0.3 is 0 Å². The van der Waals surface area contributed by atoms with Gasteiger partial charge in [0.15, 0.2) is 5.88 Å². The summed E-state index contributed by atoms with van der Waals surface area (Å²) in [5.74, 6) is 1.20. The van der Waals surface area contributed by atoms with Crippen LogP contribution in [-0.2, 0) is 9.53 Å². The lowest BCUT2D eigenvalue weighted by atomic mass is 10.0. The van der Waals surface area contributed by atoms with Gasteiger partial charge in [0.2, 0.25) is 5.91 Å². The summed E-state index contributed by atoms with van der Waals surface area (Å²) < 4.78 is 11.5. The molecule has 1 amide bonds. The van der Waals surface area contributed by atoms with Gasteiger partial charge in [-0.15, -0.1) is 0 Å². The van der Waals surface area contributed by atoms with Crippen molar-refractivity contribution in [2.24, 2.45) is 5.92 Å². The molecule has 1 fully saturated rings. The SMILES string of the molecule is C=C1OC(Oc2ncc(NC(=O)CCC(C)CCC)s2)CN1C(C)(C)C. The van der Waals surface area contributed by atoms with E-state index in [4.69, 9.17) is 9.47 Å². The van der Waals surface area contributed by atoms with Gasteiger partial charge in [0.25, 0.3) is 11.5 Å². The molecule has 0 radical (unpaired) electrons. The summed E-state index contributed by atoms with van der Waals surface area (Å²) in [6.07, 6.45) is 4.93. The molecular weight excluding hydrogens is 350 g/mol. The zero-order chi connectivity index (χ0) is 19.3. The molecule has 146 valence electrons. The van der Waals surface area contributed by atoms with Crippen LogP contribution in [0.5, 0.6) is 5.19 Å². The summed E-state index contributed by atoms with van der Waals surface area (Å²) in [5, 5.41) is 4.07. The van der Waals surface area contributed by atoms with Gasteiger partial charge in [-0.25, -0.2) is 4.98 Å². The number of anilines is 1. The van der Waals surface area contributed by atoms with Gasteiger partial charge < -0.3 is 19.7 Å². The molecule has 6 nitrogen and oxygen atoms in total. The Morgan fingerprint density at radius 2 is 2.27 bits per heavy atom. The van der Waals surface area contributed by atoms with E-state index in [-0.39, 0.29) is 11.4 Å². The summed E-state index contributed by atoms with van der Waals surface area (Å²) in [6, 6.07) is 0. The molecular formula is C19H31N3O3S. The first-order chi connectivity index (χ1) is 12.2. The molecule has 2 heterocycles. The average molecular weight is 382 g/mol. The minimum absolute atomic E-state index is 0.0209. The first-order valence-corrected chi connectivity index (χ1v) is 10.1. The molecule has 0 aromatic carbocycles. The van der Waals surface area contributed by atoms with Crippen molar-refractivity contribution in [1.82, 2.24) is 9.88 Å². The third-order valence-electron chi connectivity index (χ3n) is 4.33. The zero-order valence-electron chi connectivity index (χ0n) is 16.5. The summed E-state index contributed by atoms with van der Waals surface area (Å²) in [4.78, 5) is 18.3. The number of nitrogens with one attached hydrogen (secondary N) is 1. The van der Waals surface area contributed by atoms with Gasteiger partial charge in [-0.2, -0.15) is 0 Å². The lowest BCUT2D eigenvalue weighted by molar-refractivity contribution is -0.116. The molecule has 0 aliphatic carbocycles. The Hall–Kier alpha value is -1.76. The van der Waals surface area contributed by atoms with Crippen molar-refractivity contribution in [3.05, 3.63) is 18.7 Å². The summed E-state index contributed by atoms with van der Waals surface area (Å²) in [5.41, 5.74) is -0.0773. The number of carbonyl (C=O) groups excluding carboxylic acids is 1. The van der Waals surface area contributed by atoms with E-state index in [1.54, 1.807) is 6.20 Å². The van der Waals surface area contributed by atoms with Crippen LogP contribution in [0.15, 0.2) is 18.7 Å². The van der Waals surface area contributed by atoms with E-state index in [9.17, 15) is 4.79 Å². The highest BCUT2D eigenvalue weighted by molar-refractivity contribution is 7.17. The third-order valence-corrected chi connectivity index (χ3v) is 5.14. The number of thiazole rings is 1. The quantitative estimate of drug-likeness (QED) is 0.713. The fourth-order valence-electron chi connectivity index (χ4n) is 2.91. The smallest absolute Gasteiger partial charge is 0.278 e. The second kappa shape index (κ2) is 8.75. The van der Waals surface area contributed by atoms with Crippen molar-refractivity contribution in [3.63, 3.8) is 0 Å². The van der Waals surface area contributed by atoms with Gasteiger partial charge in [-0.3, -0.25) is 4.79 Å². The van der Waals surface area contributed by atoms with Crippen molar-refractivity contribution in [1.29, 1.82) is 0 Å². The zero-order valence-corrected chi connectivity index (χ0v) is 17.3. The number of carbonyl (C=O) groups is 1. The highest BCUT2D eigenvalue weighted by Gasteiger charge is 2.35. The normalized spacial score (nSPS) is 18.6. The molecule has 2 rings (SSSR count). The first kappa shape index (κ1) is 20.6. The Balaban J connectivity index is 1.81. The summed E-state index contributed by atoms with van der Waals surface area (Å²) in [6.45, 7) is 15.2. The maximum atomic E-state index is 12.1. The highest BCUT2D eigenvalue weighted by atomic mass is 32.1. The predicted octanol–water partition coefficient (Wildman–Crippen LogP) is 4.60. The van der Waals surface area contributed by atoms with Crippen molar-refractivity contribution >= 4 is 22.2 Å². The topological polar surface area (TPSA) is 63.7 Å². The fraction of sp³-hybridized carbons (Fsp3) is 0.684. The van der Waals surface area contributed by atoms with Gasteiger partial charge in [0, 0.05) is 12.0 Å². The Bertz CT molecular complexity index is 624. The lowest BCUT2D eigenvalue weighted by Gasteiger charge is -2.31. The molecule has 1 aromatic heterocycles. The van der Waals surface area contributed by atoms with Crippen molar-refractivity contribution in [3.8, 4) is 5.19 Å². The van der Waals surface area contributed by atoms with Crippen molar-refractivity contribution < 1.29 is 14.3 Å². The van der Waals surface area contributed by atoms with Crippen LogP contribution in [0.4, 0.5) is 5.00 Å². The molecule has 1 N–H and O–H groups in total. The molecule has 1 aliphatic heterocycles. The second-order valence-electron chi connectivity index (χ2n) is 7.81. The number of ether oxygens (including phenoxy) is 2. The monoisotopic (exact) mass is 381 g/mol. The van der Waals surface area contributed by atoms with E-state index >= 15 is 0 Å². The molecule has 1 aromatic rings. The number of rotatable bonds is 8. The van der Waals surface area contributed by atoms with Crippen molar-refractivity contribution in [2.75, 3.05) is 11.9 Å². The third kappa shape index (κ3) is 5.90. The summed E-state index contributed by atoms with van der Waals surface area (Å²) in [7, 11) is 0. The van der Waals surface area contributed by atoms with E-state index in [1.807, 2.05) is 0 Å². The van der Waals surface area contributed by atoms with Crippen LogP contribution in [0.25, 0.3) is 0 Å². The number of aromatic nitrogens is 1.